The highest BCUT2D eigenvalue weighted by Crippen LogP contribution is 2.30. The summed E-state index contributed by atoms with van der Waals surface area (Å²) >= 11 is 3.43. The molecule has 116 valence electrons. The van der Waals surface area contributed by atoms with Gasteiger partial charge in [0.2, 0.25) is 0 Å². The number of aliphatic hydroxyl groups is 1. The van der Waals surface area contributed by atoms with Gasteiger partial charge in [-0.05, 0) is 43.9 Å². The Balaban J connectivity index is 0.00000361. The van der Waals surface area contributed by atoms with Gasteiger partial charge in [0.1, 0.15) is 5.75 Å². The first-order chi connectivity index (χ1) is 8.95. The summed E-state index contributed by atoms with van der Waals surface area (Å²) in [6, 6.07) is 5.31. The maximum absolute atomic E-state index is 10.2. The summed E-state index contributed by atoms with van der Waals surface area (Å²) in [5.74, 6) is 1.32. The van der Waals surface area contributed by atoms with Gasteiger partial charge in [-0.3, -0.25) is 0 Å². The molecule has 1 rings (SSSR count). The fraction of sp³-hybridized carbons (Fsp3) is 0.600. The van der Waals surface area contributed by atoms with Crippen molar-refractivity contribution in [3.63, 3.8) is 0 Å². The third-order valence-corrected chi connectivity index (χ3v) is 3.58. The number of hydrogen-bond donors (Lipinski definition) is 2. The number of rotatable bonds is 7. The van der Waals surface area contributed by atoms with E-state index < -0.39 is 12.1 Å². The Morgan fingerprint density at radius 3 is 2.50 bits per heavy atom. The number of benzene rings is 1. The molecule has 0 fully saturated rings. The van der Waals surface area contributed by atoms with E-state index in [1.165, 1.54) is 0 Å². The molecule has 0 aliphatic rings. The van der Waals surface area contributed by atoms with E-state index in [-0.39, 0.29) is 12.4 Å². The molecule has 0 amide bonds. The largest absolute Gasteiger partial charge is 0.494 e. The highest BCUT2D eigenvalue weighted by molar-refractivity contribution is 9.10. The van der Waals surface area contributed by atoms with E-state index >= 15 is 0 Å². The van der Waals surface area contributed by atoms with Crippen LogP contribution in [0.4, 0.5) is 0 Å². The average Bonchev–Trinajstić information content (AvgIpc) is 2.37. The van der Waals surface area contributed by atoms with Crippen molar-refractivity contribution in [1.82, 2.24) is 0 Å². The van der Waals surface area contributed by atoms with Crippen molar-refractivity contribution in [2.24, 2.45) is 11.7 Å². The fourth-order valence-electron chi connectivity index (χ4n) is 1.96. The highest BCUT2D eigenvalue weighted by atomic mass is 79.9. The molecule has 0 aromatic heterocycles. The number of hydrogen-bond acceptors (Lipinski definition) is 3. The van der Waals surface area contributed by atoms with Gasteiger partial charge in [-0.2, -0.15) is 0 Å². The van der Waals surface area contributed by atoms with E-state index in [0.717, 1.165) is 22.2 Å². The van der Waals surface area contributed by atoms with E-state index in [1.807, 2.05) is 25.1 Å². The highest BCUT2D eigenvalue weighted by Gasteiger charge is 2.21. The maximum atomic E-state index is 10.2. The van der Waals surface area contributed by atoms with Crippen molar-refractivity contribution in [1.29, 1.82) is 0 Å². The minimum absolute atomic E-state index is 0. The number of aliphatic hydroxyl groups excluding tert-OH is 1. The minimum Gasteiger partial charge on any atom is -0.494 e. The van der Waals surface area contributed by atoms with Gasteiger partial charge in [0, 0.05) is 10.0 Å². The second-order valence-electron chi connectivity index (χ2n) is 5.18. The van der Waals surface area contributed by atoms with Gasteiger partial charge in [0.05, 0.1) is 18.8 Å². The van der Waals surface area contributed by atoms with Crippen LogP contribution in [-0.2, 0) is 0 Å². The summed E-state index contributed by atoms with van der Waals surface area (Å²) in [5, 5.41) is 10.2. The zero-order valence-corrected chi connectivity index (χ0v) is 14.7. The topological polar surface area (TPSA) is 55.5 Å². The molecule has 0 heterocycles. The van der Waals surface area contributed by atoms with Crippen LogP contribution in [0.25, 0.3) is 0 Å². The molecule has 0 radical (unpaired) electrons. The van der Waals surface area contributed by atoms with E-state index in [2.05, 4.69) is 29.8 Å². The summed E-state index contributed by atoms with van der Waals surface area (Å²) in [5.41, 5.74) is 7.03. The third-order valence-electron chi connectivity index (χ3n) is 3.09. The van der Waals surface area contributed by atoms with Crippen LogP contribution in [-0.4, -0.2) is 17.8 Å². The van der Waals surface area contributed by atoms with Gasteiger partial charge in [0.15, 0.2) is 0 Å². The summed E-state index contributed by atoms with van der Waals surface area (Å²) in [4.78, 5) is 0. The molecular weight excluding hydrogens is 342 g/mol. The van der Waals surface area contributed by atoms with Crippen molar-refractivity contribution in [2.45, 2.75) is 45.8 Å². The third kappa shape index (κ3) is 6.00. The summed E-state index contributed by atoms with van der Waals surface area (Å²) in [6.07, 6.45) is 1.12. The molecule has 0 unspecified atom stereocenters. The Labute approximate surface area is 136 Å². The molecule has 2 atom stereocenters. The molecular formula is C15H25BrClNO2. The molecule has 0 saturated carbocycles. The lowest BCUT2D eigenvalue weighted by Gasteiger charge is -2.22. The first-order valence-electron chi connectivity index (χ1n) is 6.81. The zero-order chi connectivity index (χ0) is 14.4. The molecule has 5 heteroatoms. The van der Waals surface area contributed by atoms with Crippen LogP contribution < -0.4 is 10.5 Å². The summed E-state index contributed by atoms with van der Waals surface area (Å²) in [6.45, 7) is 6.81. The Morgan fingerprint density at radius 2 is 1.95 bits per heavy atom. The van der Waals surface area contributed by atoms with Gasteiger partial charge in [-0.25, -0.2) is 0 Å². The van der Waals surface area contributed by atoms with Crippen molar-refractivity contribution < 1.29 is 9.84 Å². The Hall–Kier alpha value is -0.290. The standard InChI is InChI=1S/C15H24BrNO2.ClH/c1-4-19-14-8-6-11(16)9-12(14)15(17)13(18)7-5-10(2)3;/h6,8-10,13,15,18H,4-5,7,17H2,1-3H3;1H/t13-,15+;/m0./s1. The molecule has 1 aromatic rings. The molecule has 0 aliphatic heterocycles. The summed E-state index contributed by atoms with van der Waals surface area (Å²) in [7, 11) is 0. The molecule has 1 aromatic carbocycles. The predicted octanol–water partition coefficient (Wildman–Crippen LogP) is 4.07. The SMILES string of the molecule is CCOc1ccc(Br)cc1[C@@H](N)[C@@H](O)CCC(C)C.Cl. The molecule has 0 saturated heterocycles. The first-order valence-corrected chi connectivity index (χ1v) is 7.60. The normalized spacial score (nSPS) is 13.8. The van der Waals surface area contributed by atoms with Gasteiger partial charge < -0.3 is 15.6 Å². The fourth-order valence-corrected chi connectivity index (χ4v) is 2.34. The van der Waals surface area contributed by atoms with Crippen molar-refractivity contribution >= 4 is 28.3 Å². The van der Waals surface area contributed by atoms with Gasteiger partial charge >= 0.3 is 0 Å². The number of nitrogens with two attached hydrogens (primary N) is 1. The number of ether oxygens (including phenoxy) is 1. The maximum Gasteiger partial charge on any atom is 0.124 e. The van der Waals surface area contributed by atoms with Crippen LogP contribution in [0.15, 0.2) is 22.7 Å². The molecule has 20 heavy (non-hydrogen) atoms. The van der Waals surface area contributed by atoms with E-state index in [0.29, 0.717) is 18.9 Å². The lowest BCUT2D eigenvalue weighted by molar-refractivity contribution is 0.126. The smallest absolute Gasteiger partial charge is 0.124 e. The van der Waals surface area contributed by atoms with Crippen LogP contribution in [0.3, 0.4) is 0 Å². The van der Waals surface area contributed by atoms with Gasteiger partial charge in [0.25, 0.3) is 0 Å². The number of halogens is 2. The van der Waals surface area contributed by atoms with Crippen molar-refractivity contribution in [3.05, 3.63) is 28.2 Å². The minimum atomic E-state index is -0.545. The van der Waals surface area contributed by atoms with E-state index in [9.17, 15) is 5.11 Å². The van der Waals surface area contributed by atoms with Gasteiger partial charge in [-0.1, -0.05) is 29.8 Å². The Kier molecular flexibility index (Phi) is 9.47. The quantitative estimate of drug-likeness (QED) is 0.765. The van der Waals surface area contributed by atoms with Crippen LogP contribution in [0.5, 0.6) is 5.75 Å². The molecule has 3 nitrogen and oxygen atoms in total. The monoisotopic (exact) mass is 365 g/mol. The lowest BCUT2D eigenvalue weighted by Crippen LogP contribution is -2.27. The summed E-state index contributed by atoms with van der Waals surface area (Å²) < 4.78 is 6.52. The lowest BCUT2D eigenvalue weighted by atomic mass is 9.95. The molecule has 3 N–H and O–H groups in total. The molecule has 0 aliphatic carbocycles. The van der Waals surface area contributed by atoms with Crippen LogP contribution in [0, 0.1) is 5.92 Å². The van der Waals surface area contributed by atoms with Gasteiger partial charge in [-0.15, -0.1) is 12.4 Å². The second kappa shape index (κ2) is 9.61. The molecule has 0 spiro atoms. The van der Waals surface area contributed by atoms with Crippen LogP contribution in [0.1, 0.15) is 45.2 Å². The Morgan fingerprint density at radius 1 is 1.30 bits per heavy atom. The molecule has 0 bridgehead atoms. The Bertz CT molecular complexity index is 401. The van der Waals surface area contributed by atoms with Crippen molar-refractivity contribution in [3.8, 4) is 5.75 Å². The zero-order valence-electron chi connectivity index (χ0n) is 12.3. The van der Waals surface area contributed by atoms with E-state index in [1.54, 1.807) is 0 Å². The van der Waals surface area contributed by atoms with Crippen LogP contribution in [0.2, 0.25) is 0 Å². The van der Waals surface area contributed by atoms with E-state index in [4.69, 9.17) is 10.5 Å². The average molecular weight is 367 g/mol. The second-order valence-corrected chi connectivity index (χ2v) is 6.10. The predicted molar refractivity (Wildman–Crippen MR) is 89.6 cm³/mol. The first kappa shape index (κ1) is 19.7. The van der Waals surface area contributed by atoms with Crippen LogP contribution >= 0.6 is 28.3 Å². The van der Waals surface area contributed by atoms with Crippen molar-refractivity contribution in [2.75, 3.05) is 6.61 Å².